The van der Waals surface area contributed by atoms with Crippen molar-refractivity contribution in [2.24, 2.45) is 5.92 Å². The number of allylic oxidation sites excluding steroid dienone is 1. The lowest BCUT2D eigenvalue weighted by Gasteiger charge is -2.26. The number of fused-ring (bicyclic) bond motifs is 1. The molecule has 1 fully saturated rings. The van der Waals surface area contributed by atoms with E-state index >= 15 is 0 Å². The lowest BCUT2D eigenvalue weighted by Crippen LogP contribution is -2.36. The molecule has 1 aromatic carbocycles. The number of anilines is 1. The van der Waals surface area contributed by atoms with Crippen molar-refractivity contribution in [3.8, 4) is 0 Å². The summed E-state index contributed by atoms with van der Waals surface area (Å²) in [4.78, 5) is 26.5. The third-order valence-corrected chi connectivity index (χ3v) is 5.22. The van der Waals surface area contributed by atoms with E-state index < -0.39 is 6.23 Å². The Morgan fingerprint density at radius 3 is 2.72 bits per heavy atom. The van der Waals surface area contributed by atoms with Gasteiger partial charge in [-0.25, -0.2) is 0 Å². The second kappa shape index (κ2) is 5.92. The molecule has 2 amide bonds. The van der Waals surface area contributed by atoms with Gasteiger partial charge in [0.1, 0.15) is 0 Å². The van der Waals surface area contributed by atoms with Crippen molar-refractivity contribution in [3.63, 3.8) is 0 Å². The number of carbonyl (C=O) groups is 2. The SMILES string of the molecule is CC1=C(C)C(O/C=C2/C(=O)NC3C=CCC23)N(c2ccccc2)C1=O. The molecule has 1 aliphatic carbocycles. The second-order valence-electron chi connectivity index (χ2n) is 6.65. The van der Waals surface area contributed by atoms with Crippen LogP contribution in [0, 0.1) is 5.92 Å². The minimum atomic E-state index is -0.524. The number of amides is 2. The predicted octanol–water partition coefficient (Wildman–Crippen LogP) is 2.67. The zero-order valence-corrected chi connectivity index (χ0v) is 14.2. The van der Waals surface area contributed by atoms with Crippen molar-refractivity contribution in [1.82, 2.24) is 5.32 Å². The molecular weight excluding hydrogens is 316 g/mol. The summed E-state index contributed by atoms with van der Waals surface area (Å²) in [6.07, 6.45) is 5.95. The first-order chi connectivity index (χ1) is 12.1. The molecule has 1 aromatic rings. The molecule has 0 bridgehead atoms. The summed E-state index contributed by atoms with van der Waals surface area (Å²) in [6, 6.07) is 9.52. The second-order valence-corrected chi connectivity index (χ2v) is 6.65. The normalized spacial score (nSPS) is 29.6. The Labute approximate surface area is 146 Å². The average molecular weight is 336 g/mol. The van der Waals surface area contributed by atoms with E-state index in [1.165, 1.54) is 0 Å². The lowest BCUT2D eigenvalue weighted by molar-refractivity contribution is -0.116. The third kappa shape index (κ3) is 2.47. The van der Waals surface area contributed by atoms with Gasteiger partial charge in [-0.3, -0.25) is 14.5 Å². The van der Waals surface area contributed by atoms with Gasteiger partial charge in [-0.1, -0.05) is 30.4 Å². The Balaban J connectivity index is 1.62. The van der Waals surface area contributed by atoms with E-state index in [2.05, 4.69) is 11.4 Å². The van der Waals surface area contributed by atoms with Crippen LogP contribution < -0.4 is 10.2 Å². The zero-order chi connectivity index (χ0) is 17.6. The topological polar surface area (TPSA) is 58.6 Å². The summed E-state index contributed by atoms with van der Waals surface area (Å²) >= 11 is 0. The Hall–Kier alpha value is -2.82. The highest BCUT2D eigenvalue weighted by atomic mass is 16.5. The van der Waals surface area contributed by atoms with E-state index in [0.717, 1.165) is 17.7 Å². The van der Waals surface area contributed by atoms with E-state index in [-0.39, 0.29) is 23.8 Å². The van der Waals surface area contributed by atoms with Crippen LogP contribution in [-0.2, 0) is 14.3 Å². The number of rotatable bonds is 3. The van der Waals surface area contributed by atoms with Crippen molar-refractivity contribution in [2.75, 3.05) is 4.90 Å². The van der Waals surface area contributed by atoms with Crippen LogP contribution in [0.25, 0.3) is 0 Å². The summed E-state index contributed by atoms with van der Waals surface area (Å²) < 4.78 is 5.98. The van der Waals surface area contributed by atoms with Crippen LogP contribution in [0.4, 0.5) is 5.69 Å². The van der Waals surface area contributed by atoms with Crippen molar-refractivity contribution in [1.29, 1.82) is 0 Å². The summed E-state index contributed by atoms with van der Waals surface area (Å²) in [5.74, 6) is -0.0307. The molecule has 4 rings (SSSR count). The Bertz CT molecular complexity index is 823. The zero-order valence-electron chi connectivity index (χ0n) is 14.2. The quantitative estimate of drug-likeness (QED) is 0.524. The summed E-state index contributed by atoms with van der Waals surface area (Å²) in [7, 11) is 0. The predicted molar refractivity (Wildman–Crippen MR) is 94.4 cm³/mol. The van der Waals surface area contributed by atoms with E-state index in [1.807, 2.05) is 50.3 Å². The molecule has 0 saturated carbocycles. The van der Waals surface area contributed by atoms with Crippen LogP contribution in [0.15, 0.2) is 65.5 Å². The Kier molecular flexibility index (Phi) is 3.71. The Morgan fingerprint density at radius 1 is 1.20 bits per heavy atom. The van der Waals surface area contributed by atoms with Gasteiger partial charge >= 0.3 is 0 Å². The number of ether oxygens (including phenoxy) is 1. The number of hydrogen-bond acceptors (Lipinski definition) is 3. The van der Waals surface area contributed by atoms with E-state index in [4.69, 9.17) is 4.74 Å². The first-order valence-corrected chi connectivity index (χ1v) is 8.47. The van der Waals surface area contributed by atoms with Gasteiger partial charge in [0.2, 0.25) is 6.23 Å². The number of hydrogen-bond donors (Lipinski definition) is 1. The van der Waals surface area contributed by atoms with Crippen molar-refractivity contribution in [3.05, 3.63) is 65.5 Å². The fourth-order valence-electron chi connectivity index (χ4n) is 3.64. The molecule has 0 spiro atoms. The molecular formula is C20H20N2O3. The van der Waals surface area contributed by atoms with E-state index in [9.17, 15) is 9.59 Å². The molecule has 5 heteroatoms. The largest absolute Gasteiger partial charge is 0.473 e. The minimum absolute atomic E-state index is 0.0659. The van der Waals surface area contributed by atoms with Gasteiger partial charge in [-0.15, -0.1) is 0 Å². The van der Waals surface area contributed by atoms with Gasteiger partial charge in [0.25, 0.3) is 11.8 Å². The highest BCUT2D eigenvalue weighted by Gasteiger charge is 2.40. The molecule has 0 radical (unpaired) electrons. The van der Waals surface area contributed by atoms with Gasteiger partial charge < -0.3 is 10.1 Å². The molecule has 3 aliphatic rings. The van der Waals surface area contributed by atoms with Gasteiger partial charge in [0, 0.05) is 17.2 Å². The van der Waals surface area contributed by atoms with Crippen molar-refractivity contribution < 1.29 is 14.3 Å². The summed E-state index contributed by atoms with van der Waals surface area (Å²) in [5.41, 5.74) is 2.98. The van der Waals surface area contributed by atoms with Gasteiger partial charge in [-0.05, 0) is 38.0 Å². The molecule has 2 aliphatic heterocycles. The fourth-order valence-corrected chi connectivity index (χ4v) is 3.64. The maximum atomic E-state index is 12.6. The number of para-hydroxylation sites is 1. The summed E-state index contributed by atoms with van der Waals surface area (Å²) in [6.45, 7) is 3.71. The van der Waals surface area contributed by atoms with Crippen LogP contribution >= 0.6 is 0 Å². The maximum Gasteiger partial charge on any atom is 0.257 e. The first-order valence-electron chi connectivity index (χ1n) is 8.47. The molecule has 5 nitrogen and oxygen atoms in total. The van der Waals surface area contributed by atoms with E-state index in [1.54, 1.807) is 11.2 Å². The third-order valence-electron chi connectivity index (χ3n) is 5.22. The van der Waals surface area contributed by atoms with Crippen LogP contribution in [0.2, 0.25) is 0 Å². The number of nitrogens with one attached hydrogen (secondary N) is 1. The number of nitrogens with zero attached hydrogens (tertiary/aromatic N) is 1. The first kappa shape index (κ1) is 15.7. The molecule has 2 heterocycles. The number of carbonyl (C=O) groups excluding carboxylic acids is 2. The van der Waals surface area contributed by atoms with Crippen LogP contribution in [0.5, 0.6) is 0 Å². The molecule has 1 saturated heterocycles. The molecule has 3 atom stereocenters. The molecule has 128 valence electrons. The van der Waals surface area contributed by atoms with Crippen molar-refractivity contribution >= 4 is 17.5 Å². The molecule has 0 aromatic heterocycles. The van der Waals surface area contributed by atoms with E-state index in [0.29, 0.717) is 11.1 Å². The molecule has 25 heavy (non-hydrogen) atoms. The monoisotopic (exact) mass is 336 g/mol. The van der Waals surface area contributed by atoms with Gasteiger partial charge in [0.15, 0.2) is 0 Å². The fraction of sp³-hybridized carbons (Fsp3) is 0.300. The highest BCUT2D eigenvalue weighted by Crippen LogP contribution is 2.35. The highest BCUT2D eigenvalue weighted by molar-refractivity contribution is 6.09. The minimum Gasteiger partial charge on any atom is -0.473 e. The van der Waals surface area contributed by atoms with Crippen LogP contribution in [-0.4, -0.2) is 24.1 Å². The molecule has 3 unspecified atom stereocenters. The molecule has 1 N–H and O–H groups in total. The smallest absolute Gasteiger partial charge is 0.257 e. The summed E-state index contributed by atoms with van der Waals surface area (Å²) in [5, 5.41) is 2.95. The lowest BCUT2D eigenvalue weighted by atomic mass is 9.99. The van der Waals surface area contributed by atoms with Gasteiger partial charge in [-0.2, -0.15) is 0 Å². The Morgan fingerprint density at radius 2 is 1.96 bits per heavy atom. The number of benzene rings is 1. The van der Waals surface area contributed by atoms with Gasteiger partial charge in [0.05, 0.1) is 17.9 Å². The van der Waals surface area contributed by atoms with Crippen LogP contribution in [0.1, 0.15) is 20.3 Å². The van der Waals surface area contributed by atoms with Crippen LogP contribution in [0.3, 0.4) is 0 Å². The standard InChI is InChI=1S/C20H20N2O3/c1-12-13(2)20(22(19(12)24)14-7-4-3-5-8-14)25-11-16-15-9-6-10-17(15)21-18(16)23/h3-8,10-11,15,17,20H,9H2,1-2H3,(H,21,23)/b16-11+. The van der Waals surface area contributed by atoms with Crippen molar-refractivity contribution in [2.45, 2.75) is 32.5 Å². The maximum absolute atomic E-state index is 12.6. The average Bonchev–Trinajstić information content (AvgIpc) is 3.24.